The van der Waals surface area contributed by atoms with E-state index in [2.05, 4.69) is 26.6 Å². The summed E-state index contributed by atoms with van der Waals surface area (Å²) in [6.07, 6.45) is 0. The fourth-order valence-corrected chi connectivity index (χ4v) is 1.92. The summed E-state index contributed by atoms with van der Waals surface area (Å²) in [7, 11) is 0. The predicted molar refractivity (Wildman–Crippen MR) is 70.9 cm³/mol. The molecule has 0 aliphatic heterocycles. The molecule has 0 saturated heterocycles. The van der Waals surface area contributed by atoms with Crippen LogP contribution in [0.25, 0.3) is 0 Å². The van der Waals surface area contributed by atoms with E-state index in [9.17, 15) is 4.79 Å². The fraction of sp³-hybridized carbons (Fsp3) is 0.364. The Morgan fingerprint density at radius 2 is 2.19 bits per heavy atom. The van der Waals surface area contributed by atoms with Gasteiger partial charge in [-0.05, 0) is 32.0 Å². The van der Waals surface area contributed by atoms with Crippen LogP contribution in [-0.2, 0) is 4.79 Å². The third kappa shape index (κ3) is 4.41. The Morgan fingerprint density at radius 1 is 1.50 bits per heavy atom. The maximum atomic E-state index is 11.4. The quantitative estimate of drug-likeness (QED) is 0.898. The molecule has 16 heavy (non-hydrogen) atoms. The van der Waals surface area contributed by atoms with Crippen molar-refractivity contribution in [3.8, 4) is 0 Å². The van der Waals surface area contributed by atoms with E-state index in [-0.39, 0.29) is 18.5 Å². The van der Waals surface area contributed by atoms with Gasteiger partial charge in [0.25, 0.3) is 0 Å². The second-order valence-electron chi connectivity index (χ2n) is 3.70. The van der Waals surface area contributed by atoms with Crippen molar-refractivity contribution in [1.29, 1.82) is 0 Å². The van der Waals surface area contributed by atoms with Gasteiger partial charge in [-0.1, -0.05) is 27.5 Å². The van der Waals surface area contributed by atoms with E-state index < -0.39 is 0 Å². The van der Waals surface area contributed by atoms with Crippen LogP contribution in [-0.4, -0.2) is 18.5 Å². The summed E-state index contributed by atoms with van der Waals surface area (Å²) in [5.41, 5.74) is 0.753. The molecule has 5 heteroatoms. The van der Waals surface area contributed by atoms with Crippen molar-refractivity contribution >= 4 is 39.1 Å². The van der Waals surface area contributed by atoms with Gasteiger partial charge in [-0.2, -0.15) is 0 Å². The average molecular weight is 306 g/mol. The highest BCUT2D eigenvalue weighted by molar-refractivity contribution is 9.10. The molecule has 2 N–H and O–H groups in total. The van der Waals surface area contributed by atoms with Crippen LogP contribution >= 0.6 is 27.5 Å². The Bertz CT molecular complexity index is 382. The molecule has 0 bridgehead atoms. The Hall–Kier alpha value is -0.740. The van der Waals surface area contributed by atoms with Gasteiger partial charge in [-0.25, -0.2) is 0 Å². The lowest BCUT2D eigenvalue weighted by Gasteiger charge is -2.11. The number of anilines is 1. The zero-order chi connectivity index (χ0) is 12.1. The lowest BCUT2D eigenvalue weighted by atomic mass is 10.3. The number of carbonyl (C=O) groups excluding carboxylic acids is 1. The first-order valence-corrected chi connectivity index (χ1v) is 6.14. The van der Waals surface area contributed by atoms with Gasteiger partial charge in [-0.3, -0.25) is 4.79 Å². The Kier molecular flexibility index (Phi) is 5.09. The third-order valence-corrected chi connectivity index (χ3v) is 2.63. The van der Waals surface area contributed by atoms with Gasteiger partial charge in [0.2, 0.25) is 5.91 Å². The number of amides is 1. The molecule has 1 aromatic rings. The van der Waals surface area contributed by atoms with Crippen molar-refractivity contribution in [1.82, 2.24) is 5.32 Å². The minimum Gasteiger partial charge on any atom is -0.375 e. The van der Waals surface area contributed by atoms with Crippen molar-refractivity contribution in [2.45, 2.75) is 19.9 Å². The molecule has 1 rings (SSSR count). The minimum atomic E-state index is -0.0472. The van der Waals surface area contributed by atoms with Crippen molar-refractivity contribution in [3.63, 3.8) is 0 Å². The molecular weight excluding hydrogens is 291 g/mol. The number of hydrogen-bond acceptors (Lipinski definition) is 2. The van der Waals surface area contributed by atoms with Crippen LogP contribution in [0.3, 0.4) is 0 Å². The van der Waals surface area contributed by atoms with Crippen LogP contribution in [0, 0.1) is 0 Å². The molecule has 0 aromatic heterocycles. The molecule has 0 aliphatic carbocycles. The van der Waals surface area contributed by atoms with E-state index in [0.717, 1.165) is 10.2 Å². The van der Waals surface area contributed by atoms with Gasteiger partial charge in [0.1, 0.15) is 0 Å². The lowest BCUT2D eigenvalue weighted by Crippen LogP contribution is -2.34. The predicted octanol–water partition coefficient (Wildman–Crippen LogP) is 3.04. The number of hydrogen-bond donors (Lipinski definition) is 2. The molecule has 1 amide bonds. The summed E-state index contributed by atoms with van der Waals surface area (Å²) in [5, 5.41) is 6.36. The smallest absolute Gasteiger partial charge is 0.239 e. The highest BCUT2D eigenvalue weighted by Crippen LogP contribution is 2.25. The Morgan fingerprint density at radius 3 is 2.75 bits per heavy atom. The van der Waals surface area contributed by atoms with Gasteiger partial charge in [0.15, 0.2) is 0 Å². The highest BCUT2D eigenvalue weighted by Gasteiger charge is 2.05. The summed E-state index contributed by atoms with van der Waals surface area (Å²) in [6, 6.07) is 5.63. The number of carbonyl (C=O) groups is 1. The Balaban J connectivity index is 2.51. The van der Waals surface area contributed by atoms with Crippen molar-refractivity contribution in [2.24, 2.45) is 0 Å². The van der Waals surface area contributed by atoms with E-state index >= 15 is 0 Å². The van der Waals surface area contributed by atoms with Crippen LogP contribution in [0.15, 0.2) is 22.7 Å². The van der Waals surface area contributed by atoms with E-state index in [1.807, 2.05) is 26.0 Å². The van der Waals surface area contributed by atoms with E-state index in [0.29, 0.717) is 5.02 Å². The molecule has 0 unspecified atom stereocenters. The molecule has 0 spiro atoms. The SMILES string of the molecule is CC(C)NC(=O)CNc1ccc(Br)cc1Cl. The molecule has 0 heterocycles. The van der Waals surface area contributed by atoms with Gasteiger partial charge >= 0.3 is 0 Å². The van der Waals surface area contributed by atoms with Gasteiger partial charge in [0.05, 0.1) is 17.3 Å². The third-order valence-electron chi connectivity index (χ3n) is 1.82. The summed E-state index contributed by atoms with van der Waals surface area (Å²) < 4.78 is 0.912. The first kappa shape index (κ1) is 13.3. The number of benzene rings is 1. The summed E-state index contributed by atoms with van der Waals surface area (Å²) >= 11 is 9.31. The van der Waals surface area contributed by atoms with E-state index in [1.165, 1.54) is 0 Å². The highest BCUT2D eigenvalue weighted by atomic mass is 79.9. The van der Waals surface area contributed by atoms with Crippen molar-refractivity contribution < 1.29 is 4.79 Å². The summed E-state index contributed by atoms with van der Waals surface area (Å²) in [6.45, 7) is 4.06. The van der Waals surface area contributed by atoms with Gasteiger partial charge < -0.3 is 10.6 Å². The normalized spacial score (nSPS) is 10.3. The first-order valence-electron chi connectivity index (χ1n) is 4.97. The largest absolute Gasteiger partial charge is 0.375 e. The van der Waals surface area contributed by atoms with Gasteiger partial charge in [-0.15, -0.1) is 0 Å². The standard InChI is InChI=1S/C11H14BrClN2O/c1-7(2)15-11(16)6-14-10-4-3-8(12)5-9(10)13/h3-5,7,14H,6H2,1-2H3,(H,15,16). The van der Waals surface area contributed by atoms with Gasteiger partial charge in [0, 0.05) is 10.5 Å². The summed E-state index contributed by atoms with van der Waals surface area (Å²) in [5.74, 6) is -0.0472. The lowest BCUT2D eigenvalue weighted by molar-refractivity contribution is -0.119. The second-order valence-corrected chi connectivity index (χ2v) is 5.02. The molecule has 0 aliphatic rings. The van der Waals surface area contributed by atoms with Crippen LogP contribution < -0.4 is 10.6 Å². The molecule has 0 radical (unpaired) electrons. The molecule has 1 aromatic carbocycles. The number of nitrogens with one attached hydrogen (secondary N) is 2. The van der Waals surface area contributed by atoms with Crippen LogP contribution in [0.1, 0.15) is 13.8 Å². The summed E-state index contributed by atoms with van der Waals surface area (Å²) in [4.78, 5) is 11.4. The first-order chi connectivity index (χ1) is 7.49. The van der Waals surface area contributed by atoms with Crippen LogP contribution in [0.2, 0.25) is 5.02 Å². The zero-order valence-electron chi connectivity index (χ0n) is 9.18. The molecule has 3 nitrogen and oxygen atoms in total. The molecule has 0 fully saturated rings. The maximum absolute atomic E-state index is 11.4. The molecule has 88 valence electrons. The zero-order valence-corrected chi connectivity index (χ0v) is 11.5. The Labute approximate surface area is 109 Å². The molecule has 0 saturated carbocycles. The van der Waals surface area contributed by atoms with Crippen molar-refractivity contribution in [2.75, 3.05) is 11.9 Å². The second kappa shape index (κ2) is 6.11. The van der Waals surface area contributed by atoms with Crippen molar-refractivity contribution in [3.05, 3.63) is 27.7 Å². The molecular formula is C11H14BrClN2O. The molecule has 0 atom stereocenters. The monoisotopic (exact) mass is 304 g/mol. The average Bonchev–Trinajstić information content (AvgIpc) is 2.15. The van der Waals surface area contributed by atoms with E-state index in [4.69, 9.17) is 11.6 Å². The topological polar surface area (TPSA) is 41.1 Å². The minimum absolute atomic E-state index is 0.0472. The number of rotatable bonds is 4. The van der Waals surface area contributed by atoms with E-state index in [1.54, 1.807) is 6.07 Å². The maximum Gasteiger partial charge on any atom is 0.239 e. The van der Waals surface area contributed by atoms with Crippen LogP contribution in [0.4, 0.5) is 5.69 Å². The van der Waals surface area contributed by atoms with Crippen LogP contribution in [0.5, 0.6) is 0 Å². The number of halogens is 2. The fourth-order valence-electron chi connectivity index (χ4n) is 1.18.